The van der Waals surface area contributed by atoms with Crippen molar-refractivity contribution in [1.82, 2.24) is 0 Å². The molecular formula is C27H29O2P. The van der Waals surface area contributed by atoms with Crippen LogP contribution in [-0.2, 0) is 0 Å². The third kappa shape index (κ3) is 7.24. The Morgan fingerprint density at radius 1 is 0.467 bits per heavy atom. The van der Waals surface area contributed by atoms with E-state index in [0.717, 1.165) is 0 Å². The third-order valence-corrected chi connectivity index (χ3v) is 6.95. The lowest BCUT2D eigenvalue weighted by molar-refractivity contribution is -0.176. The Bertz CT molecular complexity index is 834. The van der Waals surface area contributed by atoms with E-state index in [0.29, 0.717) is 5.92 Å². The SMILES string of the molecule is CC(C)c1ccccc1.OO.c1ccc(P(c2ccccc2)c2ccccc2)cc1. The van der Waals surface area contributed by atoms with Crippen LogP contribution in [0.15, 0.2) is 121 Å². The summed E-state index contributed by atoms with van der Waals surface area (Å²) in [5, 5.41) is 16.2. The molecule has 0 heterocycles. The molecule has 0 atom stereocenters. The molecule has 0 radical (unpaired) electrons. The lowest BCUT2D eigenvalue weighted by Crippen LogP contribution is -2.20. The molecular weight excluding hydrogens is 387 g/mol. The lowest BCUT2D eigenvalue weighted by Gasteiger charge is -2.18. The molecule has 4 aromatic carbocycles. The van der Waals surface area contributed by atoms with Crippen LogP contribution in [0.2, 0.25) is 0 Å². The molecule has 0 aromatic heterocycles. The summed E-state index contributed by atoms with van der Waals surface area (Å²) in [5.41, 5.74) is 1.41. The van der Waals surface area contributed by atoms with E-state index in [9.17, 15) is 0 Å². The first kappa shape index (κ1) is 23.5. The van der Waals surface area contributed by atoms with E-state index in [1.807, 2.05) is 6.07 Å². The van der Waals surface area contributed by atoms with Gasteiger partial charge in [0.25, 0.3) is 0 Å². The topological polar surface area (TPSA) is 40.5 Å². The molecule has 0 saturated heterocycles. The van der Waals surface area contributed by atoms with Crippen molar-refractivity contribution < 1.29 is 10.5 Å². The zero-order valence-corrected chi connectivity index (χ0v) is 18.4. The fourth-order valence-corrected chi connectivity index (χ4v) is 5.32. The van der Waals surface area contributed by atoms with Gasteiger partial charge >= 0.3 is 0 Å². The van der Waals surface area contributed by atoms with Crippen molar-refractivity contribution >= 4 is 23.8 Å². The summed E-state index contributed by atoms with van der Waals surface area (Å²) in [4.78, 5) is 0. The zero-order valence-electron chi connectivity index (χ0n) is 17.5. The van der Waals surface area contributed by atoms with Gasteiger partial charge in [-0.3, -0.25) is 10.5 Å². The monoisotopic (exact) mass is 416 g/mol. The smallest absolute Gasteiger partial charge is 0.0134 e. The van der Waals surface area contributed by atoms with E-state index >= 15 is 0 Å². The highest BCUT2D eigenvalue weighted by molar-refractivity contribution is 7.79. The molecule has 0 unspecified atom stereocenters. The molecule has 30 heavy (non-hydrogen) atoms. The summed E-state index contributed by atoms with van der Waals surface area (Å²) in [6.07, 6.45) is 0. The van der Waals surface area contributed by atoms with Crippen LogP contribution in [0.25, 0.3) is 0 Å². The second kappa shape index (κ2) is 13.5. The van der Waals surface area contributed by atoms with Gasteiger partial charge in [0.1, 0.15) is 0 Å². The average molecular weight is 417 g/mol. The van der Waals surface area contributed by atoms with Gasteiger partial charge in [-0.1, -0.05) is 135 Å². The number of benzene rings is 4. The quantitative estimate of drug-likeness (QED) is 0.234. The summed E-state index contributed by atoms with van der Waals surface area (Å²) >= 11 is 0. The van der Waals surface area contributed by atoms with Gasteiger partial charge in [0, 0.05) is 0 Å². The summed E-state index contributed by atoms with van der Waals surface area (Å²) in [6.45, 7) is 4.41. The maximum Gasteiger partial charge on any atom is -0.0134 e. The Balaban J connectivity index is 0.000000245. The first-order chi connectivity index (χ1) is 14.8. The number of hydrogen-bond donors (Lipinski definition) is 2. The van der Waals surface area contributed by atoms with Gasteiger partial charge in [-0.15, -0.1) is 0 Å². The maximum absolute atomic E-state index is 6.00. The van der Waals surface area contributed by atoms with Gasteiger partial charge in [0.2, 0.25) is 0 Å². The van der Waals surface area contributed by atoms with Crippen molar-refractivity contribution in [2.45, 2.75) is 19.8 Å². The fraction of sp³-hybridized carbons (Fsp3) is 0.111. The Labute approximate surface area is 181 Å². The Hall–Kier alpha value is -2.77. The van der Waals surface area contributed by atoms with Crippen molar-refractivity contribution in [2.24, 2.45) is 0 Å². The molecule has 0 aliphatic rings. The Morgan fingerprint density at radius 2 is 0.733 bits per heavy atom. The highest BCUT2D eigenvalue weighted by atomic mass is 31.1. The predicted molar refractivity (Wildman–Crippen MR) is 131 cm³/mol. The van der Waals surface area contributed by atoms with Crippen molar-refractivity contribution in [3.63, 3.8) is 0 Å². The van der Waals surface area contributed by atoms with Gasteiger partial charge in [0.05, 0.1) is 0 Å². The molecule has 0 fully saturated rings. The van der Waals surface area contributed by atoms with Crippen LogP contribution in [0.4, 0.5) is 0 Å². The summed E-state index contributed by atoms with van der Waals surface area (Å²) in [5.74, 6) is 0.659. The second-order valence-electron chi connectivity index (χ2n) is 6.91. The van der Waals surface area contributed by atoms with Crippen LogP contribution in [-0.4, -0.2) is 10.5 Å². The normalized spacial score (nSPS) is 9.93. The Morgan fingerprint density at radius 3 is 0.967 bits per heavy atom. The van der Waals surface area contributed by atoms with Gasteiger partial charge in [-0.2, -0.15) is 0 Å². The van der Waals surface area contributed by atoms with Crippen molar-refractivity contribution in [1.29, 1.82) is 0 Å². The highest BCUT2D eigenvalue weighted by Gasteiger charge is 2.14. The van der Waals surface area contributed by atoms with Gasteiger partial charge < -0.3 is 0 Å². The maximum atomic E-state index is 6.00. The minimum absolute atomic E-state index is 0.446. The van der Waals surface area contributed by atoms with E-state index in [-0.39, 0.29) is 0 Å². The van der Waals surface area contributed by atoms with Crippen molar-refractivity contribution in [3.05, 3.63) is 127 Å². The lowest BCUT2D eigenvalue weighted by atomic mass is 10.0. The number of hydrogen-bond acceptors (Lipinski definition) is 2. The van der Waals surface area contributed by atoms with Crippen LogP contribution < -0.4 is 15.9 Å². The van der Waals surface area contributed by atoms with Crippen molar-refractivity contribution in [3.8, 4) is 0 Å². The molecule has 0 aliphatic heterocycles. The molecule has 0 bridgehead atoms. The largest absolute Gasteiger partial charge is 0.255 e. The van der Waals surface area contributed by atoms with Gasteiger partial charge in [0.15, 0.2) is 0 Å². The van der Waals surface area contributed by atoms with E-state index in [1.165, 1.54) is 21.5 Å². The standard InChI is InChI=1S/C18H15P.C9H12.H2O2/c1-4-10-16(11-5-1)19(17-12-6-2-7-13-17)18-14-8-3-9-15-18;1-8(2)9-6-4-3-5-7-9;1-2/h1-15H;3-8H,1-2H3;1-2H. The molecule has 4 rings (SSSR count). The molecule has 0 saturated carbocycles. The first-order valence-electron chi connectivity index (χ1n) is 9.96. The van der Waals surface area contributed by atoms with E-state index in [4.69, 9.17) is 10.5 Å². The molecule has 0 amide bonds. The number of rotatable bonds is 4. The van der Waals surface area contributed by atoms with Crippen LogP contribution in [0.1, 0.15) is 25.3 Å². The molecule has 2 N–H and O–H groups in total. The summed E-state index contributed by atoms with van der Waals surface area (Å²) in [6, 6.07) is 42.8. The van der Waals surface area contributed by atoms with Crippen molar-refractivity contribution in [2.75, 3.05) is 0 Å². The zero-order chi connectivity index (χ0) is 21.6. The minimum Gasteiger partial charge on any atom is -0.255 e. The first-order valence-corrected chi connectivity index (χ1v) is 11.3. The van der Waals surface area contributed by atoms with E-state index in [1.54, 1.807) is 0 Å². The van der Waals surface area contributed by atoms with E-state index < -0.39 is 7.92 Å². The molecule has 3 heteroatoms. The Kier molecular flexibility index (Phi) is 10.5. The minimum atomic E-state index is -0.446. The predicted octanol–water partition coefficient (Wildman–Crippen LogP) is 6.27. The molecule has 2 nitrogen and oxygen atoms in total. The molecule has 154 valence electrons. The van der Waals surface area contributed by atoms with Crippen LogP contribution in [0.5, 0.6) is 0 Å². The van der Waals surface area contributed by atoms with E-state index in [2.05, 4.69) is 129 Å². The van der Waals surface area contributed by atoms with Gasteiger partial charge in [-0.25, -0.2) is 0 Å². The third-order valence-electron chi connectivity index (χ3n) is 4.51. The van der Waals surface area contributed by atoms with Crippen LogP contribution >= 0.6 is 7.92 Å². The van der Waals surface area contributed by atoms with Crippen LogP contribution in [0, 0.1) is 0 Å². The highest BCUT2D eigenvalue weighted by Crippen LogP contribution is 2.32. The summed E-state index contributed by atoms with van der Waals surface area (Å²) < 4.78 is 0. The molecule has 0 aliphatic carbocycles. The second-order valence-corrected chi connectivity index (χ2v) is 9.13. The average Bonchev–Trinajstić information content (AvgIpc) is 2.84. The fourth-order valence-electron chi connectivity index (χ4n) is 3.02. The molecule has 4 aromatic rings. The molecule has 0 spiro atoms. The van der Waals surface area contributed by atoms with Gasteiger partial charge in [-0.05, 0) is 35.3 Å². The summed E-state index contributed by atoms with van der Waals surface area (Å²) in [7, 11) is -0.446. The van der Waals surface area contributed by atoms with Crippen LogP contribution in [0.3, 0.4) is 0 Å².